The molecule has 0 unspecified atom stereocenters. The van der Waals surface area contributed by atoms with Crippen molar-refractivity contribution in [1.29, 1.82) is 0 Å². The van der Waals surface area contributed by atoms with Crippen LogP contribution in [0.15, 0.2) is 18.2 Å². The molecule has 6 nitrogen and oxygen atoms in total. The van der Waals surface area contributed by atoms with Crippen molar-refractivity contribution in [2.75, 3.05) is 13.1 Å². The zero-order valence-corrected chi connectivity index (χ0v) is 18.7. The minimum atomic E-state index is -0.731. The number of hydrogen-bond donors (Lipinski definition) is 2. The van der Waals surface area contributed by atoms with E-state index in [0.717, 1.165) is 57.7 Å². The molecule has 0 aromatic heterocycles. The number of hydrogen-bond acceptors (Lipinski definition) is 5. The van der Waals surface area contributed by atoms with Crippen molar-refractivity contribution in [2.45, 2.75) is 83.2 Å². The Morgan fingerprint density at radius 3 is 2.65 bits per heavy atom. The van der Waals surface area contributed by atoms with E-state index in [9.17, 15) is 14.3 Å². The van der Waals surface area contributed by atoms with Gasteiger partial charge in [0.05, 0.1) is 0 Å². The first-order valence-electron chi connectivity index (χ1n) is 11.9. The number of carbonyl (C=O) groups is 2. The maximum absolute atomic E-state index is 13.2. The summed E-state index contributed by atoms with van der Waals surface area (Å²) in [6, 6.07) is 5.07. The van der Waals surface area contributed by atoms with Gasteiger partial charge >= 0.3 is 186 Å². The summed E-state index contributed by atoms with van der Waals surface area (Å²) in [5, 5.41) is 6.07. The van der Waals surface area contributed by atoms with E-state index in [0.29, 0.717) is 6.42 Å². The molecule has 0 bridgehead atoms. The molecule has 1 fully saturated rings. The number of fused-ring (bicyclic) bond motifs is 1. The first-order valence-corrected chi connectivity index (χ1v) is 11.9. The monoisotopic (exact) mass is 426 g/mol. The maximum atomic E-state index is 13.2. The predicted molar refractivity (Wildman–Crippen MR) is 120 cm³/mol. The standard InChI is InChI=1S/C24H35BN2O4/c1-2-31-24(29)21(15-19-13-8-12-17-9-6-7-14-20(17)19)27-23(28)22(26-16-25-30)18-10-4-3-5-11-18/h8,12-13,18,21-22,26H,2-7,9-11,14-16H2,1H3,(H,27,28)/t21-,22-/m0/s1. The summed E-state index contributed by atoms with van der Waals surface area (Å²) in [6.07, 6.45) is 10.3. The molecule has 2 N–H and O–H groups in total. The van der Waals surface area contributed by atoms with E-state index in [1.807, 2.05) is 6.07 Å². The fourth-order valence-electron chi connectivity index (χ4n) is 5.09. The van der Waals surface area contributed by atoms with Crippen LogP contribution in [0, 0.1) is 5.92 Å². The van der Waals surface area contributed by atoms with E-state index < -0.39 is 18.1 Å². The summed E-state index contributed by atoms with van der Waals surface area (Å²) >= 11 is 0. The topological polar surface area (TPSA) is 84.5 Å². The van der Waals surface area contributed by atoms with E-state index in [2.05, 4.69) is 22.8 Å². The molecule has 168 valence electrons. The van der Waals surface area contributed by atoms with E-state index in [1.54, 1.807) is 6.92 Å². The number of amides is 1. The van der Waals surface area contributed by atoms with Crippen LogP contribution in [-0.4, -0.2) is 44.2 Å². The predicted octanol–water partition coefficient (Wildman–Crippen LogP) is 2.70. The molecule has 1 saturated carbocycles. The Kier molecular flexibility index (Phi) is 9.25. The molecule has 3 rings (SSSR count). The van der Waals surface area contributed by atoms with Gasteiger partial charge in [0.25, 0.3) is 0 Å². The Labute approximate surface area is 186 Å². The molecule has 2 aliphatic rings. The van der Waals surface area contributed by atoms with Gasteiger partial charge in [-0.05, 0) is 0 Å². The average Bonchev–Trinajstić information content (AvgIpc) is 2.80. The van der Waals surface area contributed by atoms with Gasteiger partial charge < -0.3 is 0 Å². The van der Waals surface area contributed by atoms with Crippen molar-refractivity contribution in [3.8, 4) is 0 Å². The van der Waals surface area contributed by atoms with E-state index in [1.165, 1.54) is 24.0 Å². The summed E-state index contributed by atoms with van der Waals surface area (Å²) < 4.78 is 16.2. The second kappa shape index (κ2) is 12.1. The van der Waals surface area contributed by atoms with Gasteiger partial charge in [0, 0.05) is 0 Å². The van der Waals surface area contributed by atoms with Crippen LogP contribution in [0.25, 0.3) is 0 Å². The van der Waals surface area contributed by atoms with Gasteiger partial charge in [-0.25, -0.2) is 0 Å². The number of aryl methyl sites for hydroxylation is 1. The molecule has 0 radical (unpaired) electrons. The van der Waals surface area contributed by atoms with Gasteiger partial charge in [-0.3, -0.25) is 0 Å². The van der Waals surface area contributed by atoms with E-state index >= 15 is 0 Å². The first-order chi connectivity index (χ1) is 15.1. The van der Waals surface area contributed by atoms with Gasteiger partial charge in [-0.15, -0.1) is 0 Å². The second-order valence-electron chi connectivity index (χ2n) is 8.73. The van der Waals surface area contributed by atoms with Crippen molar-refractivity contribution >= 4 is 19.0 Å². The number of ether oxygens (including phenoxy) is 1. The Bertz CT molecular complexity index is 764. The van der Waals surface area contributed by atoms with Crippen LogP contribution in [0.1, 0.15) is 68.6 Å². The zero-order valence-electron chi connectivity index (χ0n) is 18.7. The molecule has 2 atom stereocenters. The van der Waals surface area contributed by atoms with Gasteiger partial charge in [0.15, 0.2) is 0 Å². The molecule has 0 spiro atoms. The molecule has 1 aromatic rings. The van der Waals surface area contributed by atoms with Crippen molar-refractivity contribution in [3.05, 3.63) is 34.9 Å². The minimum absolute atomic E-state index is 0.130. The van der Waals surface area contributed by atoms with Crippen LogP contribution < -0.4 is 10.6 Å². The second-order valence-corrected chi connectivity index (χ2v) is 8.73. The third-order valence-corrected chi connectivity index (χ3v) is 6.63. The molecular weight excluding hydrogens is 391 g/mol. The normalized spacial score (nSPS) is 18.4. The molecule has 1 amide bonds. The molecule has 2 aliphatic carbocycles. The first kappa shape index (κ1) is 23.6. The van der Waals surface area contributed by atoms with Crippen LogP contribution >= 0.6 is 0 Å². The average molecular weight is 426 g/mol. The number of carbonyl (C=O) groups excluding carboxylic acids is 2. The van der Waals surface area contributed by atoms with E-state index in [-0.39, 0.29) is 24.9 Å². The summed E-state index contributed by atoms with van der Waals surface area (Å²) in [6.45, 7) is 2.05. The third-order valence-electron chi connectivity index (χ3n) is 6.63. The number of rotatable bonds is 10. The van der Waals surface area contributed by atoms with Gasteiger partial charge in [-0.2, -0.15) is 0 Å². The SMILES string of the molecule is CCOC(=O)[C@H](Cc1cccc2c1CCCC2)NC(=O)[C@@H](NCB=O)C1CCCCC1. The summed E-state index contributed by atoms with van der Waals surface area (Å²) in [4.78, 5) is 26.0. The van der Waals surface area contributed by atoms with Crippen LogP contribution in [0.5, 0.6) is 0 Å². The quantitative estimate of drug-likeness (QED) is 0.444. The molecule has 7 heteroatoms. The summed E-state index contributed by atoms with van der Waals surface area (Å²) in [5.41, 5.74) is 3.79. The Morgan fingerprint density at radius 2 is 1.90 bits per heavy atom. The third kappa shape index (κ3) is 6.48. The fourth-order valence-corrected chi connectivity index (χ4v) is 5.09. The Morgan fingerprint density at radius 1 is 1.13 bits per heavy atom. The van der Waals surface area contributed by atoms with Crippen molar-refractivity contribution < 1.29 is 19.0 Å². The molecule has 0 saturated heterocycles. The number of esters is 1. The fraction of sp³-hybridized carbons (Fsp3) is 0.667. The van der Waals surface area contributed by atoms with Crippen LogP contribution in [0.4, 0.5) is 0 Å². The summed E-state index contributed by atoms with van der Waals surface area (Å²) in [5.74, 6) is -0.431. The van der Waals surface area contributed by atoms with Crippen molar-refractivity contribution in [3.63, 3.8) is 0 Å². The Balaban J connectivity index is 1.77. The molecule has 0 heterocycles. The van der Waals surface area contributed by atoms with Crippen LogP contribution in [-0.2, 0) is 38.3 Å². The van der Waals surface area contributed by atoms with Crippen LogP contribution in [0.3, 0.4) is 0 Å². The zero-order chi connectivity index (χ0) is 22.1. The molecular formula is C24H35BN2O4. The van der Waals surface area contributed by atoms with Crippen LogP contribution in [0.2, 0.25) is 0 Å². The van der Waals surface area contributed by atoms with Crippen molar-refractivity contribution in [1.82, 2.24) is 10.6 Å². The summed E-state index contributed by atoms with van der Waals surface area (Å²) in [7, 11) is 0.780. The van der Waals surface area contributed by atoms with Crippen molar-refractivity contribution in [2.24, 2.45) is 5.92 Å². The number of benzene rings is 1. The molecule has 31 heavy (non-hydrogen) atoms. The Hall–Kier alpha value is -2.02. The van der Waals surface area contributed by atoms with Gasteiger partial charge in [0.2, 0.25) is 0 Å². The van der Waals surface area contributed by atoms with Gasteiger partial charge in [0.1, 0.15) is 0 Å². The number of nitrogens with one attached hydrogen (secondary N) is 2. The van der Waals surface area contributed by atoms with E-state index in [4.69, 9.17) is 4.74 Å². The molecule has 1 aromatic carbocycles. The molecule has 0 aliphatic heterocycles. The van der Waals surface area contributed by atoms with Gasteiger partial charge in [-0.1, -0.05) is 0 Å².